The van der Waals surface area contributed by atoms with Crippen molar-refractivity contribution in [2.45, 2.75) is 6.42 Å². The Labute approximate surface area is 202 Å². The molecule has 0 bridgehead atoms. The Morgan fingerprint density at radius 2 is 1.65 bits per heavy atom. The number of anilines is 2. The molecule has 0 radical (unpaired) electrons. The zero-order valence-electron chi connectivity index (χ0n) is 18.4. The first-order chi connectivity index (χ1) is 16.5. The summed E-state index contributed by atoms with van der Waals surface area (Å²) in [5.74, 6) is -0.669. The van der Waals surface area contributed by atoms with Crippen LogP contribution in [0.1, 0.15) is 15.9 Å². The third-order valence-electron chi connectivity index (χ3n) is 5.32. The molecule has 0 saturated carbocycles. The standard InChI is InChI=1S/C26H22ClN3O4/c1-34-21-9-5-8-20(16-21)29-24(31)18-10-12-19(13-11-18)28-23-22(27)25(32)30(26(23)33)15-14-17-6-3-2-4-7-17/h2-13,16,28H,14-15H2,1H3,(H,29,31). The van der Waals surface area contributed by atoms with E-state index in [1.165, 1.54) is 0 Å². The molecule has 3 amide bonds. The van der Waals surface area contributed by atoms with Crippen LogP contribution < -0.4 is 15.4 Å². The van der Waals surface area contributed by atoms with E-state index in [1.54, 1.807) is 55.6 Å². The van der Waals surface area contributed by atoms with Crippen molar-refractivity contribution in [2.24, 2.45) is 0 Å². The van der Waals surface area contributed by atoms with Gasteiger partial charge < -0.3 is 15.4 Å². The van der Waals surface area contributed by atoms with E-state index in [2.05, 4.69) is 10.6 Å². The number of benzene rings is 3. The summed E-state index contributed by atoms with van der Waals surface area (Å²) >= 11 is 6.18. The maximum atomic E-state index is 12.8. The first kappa shape index (κ1) is 23.1. The highest BCUT2D eigenvalue weighted by Gasteiger charge is 2.37. The highest BCUT2D eigenvalue weighted by Crippen LogP contribution is 2.26. The number of imide groups is 1. The Kier molecular flexibility index (Phi) is 6.94. The van der Waals surface area contributed by atoms with E-state index >= 15 is 0 Å². The molecule has 0 saturated heterocycles. The minimum atomic E-state index is -0.528. The van der Waals surface area contributed by atoms with Crippen molar-refractivity contribution in [3.8, 4) is 5.75 Å². The van der Waals surface area contributed by atoms with E-state index in [4.69, 9.17) is 16.3 Å². The van der Waals surface area contributed by atoms with Crippen LogP contribution in [0.4, 0.5) is 11.4 Å². The third kappa shape index (κ3) is 5.10. The summed E-state index contributed by atoms with van der Waals surface area (Å²) in [6.07, 6.45) is 0.535. The van der Waals surface area contributed by atoms with Crippen molar-refractivity contribution >= 4 is 40.7 Å². The van der Waals surface area contributed by atoms with Crippen LogP contribution in [-0.2, 0) is 16.0 Å². The topological polar surface area (TPSA) is 87.7 Å². The van der Waals surface area contributed by atoms with Crippen LogP contribution in [0.15, 0.2) is 89.6 Å². The average Bonchev–Trinajstić information content (AvgIpc) is 3.06. The number of hydrogen-bond acceptors (Lipinski definition) is 5. The SMILES string of the molecule is COc1cccc(NC(=O)c2ccc(NC3=C(Cl)C(=O)N(CCc4ccccc4)C3=O)cc2)c1. The number of hydrogen-bond donors (Lipinski definition) is 2. The Hall–Kier alpha value is -4.10. The largest absolute Gasteiger partial charge is 0.497 e. The summed E-state index contributed by atoms with van der Waals surface area (Å²) in [7, 11) is 1.56. The van der Waals surface area contributed by atoms with Gasteiger partial charge in [-0.2, -0.15) is 0 Å². The molecule has 172 valence electrons. The van der Waals surface area contributed by atoms with Gasteiger partial charge in [0.05, 0.1) is 7.11 Å². The second kappa shape index (κ2) is 10.2. The number of carbonyl (C=O) groups excluding carboxylic acids is 3. The lowest BCUT2D eigenvalue weighted by Gasteiger charge is -2.15. The number of ether oxygens (including phenoxy) is 1. The fourth-order valence-corrected chi connectivity index (χ4v) is 3.73. The minimum Gasteiger partial charge on any atom is -0.497 e. The summed E-state index contributed by atoms with van der Waals surface area (Å²) in [5, 5.41) is 5.57. The third-order valence-corrected chi connectivity index (χ3v) is 5.67. The molecule has 0 aromatic heterocycles. The molecule has 8 heteroatoms. The molecule has 1 aliphatic heterocycles. The van der Waals surface area contributed by atoms with E-state index in [9.17, 15) is 14.4 Å². The second-order valence-electron chi connectivity index (χ2n) is 7.57. The molecule has 2 N–H and O–H groups in total. The van der Waals surface area contributed by atoms with Gasteiger partial charge in [0.2, 0.25) is 0 Å². The predicted octanol–water partition coefficient (Wildman–Crippen LogP) is 4.42. The van der Waals surface area contributed by atoms with Gasteiger partial charge in [-0.3, -0.25) is 19.3 Å². The van der Waals surface area contributed by atoms with Crippen molar-refractivity contribution in [3.63, 3.8) is 0 Å². The van der Waals surface area contributed by atoms with Gasteiger partial charge in [-0.05, 0) is 48.4 Å². The van der Waals surface area contributed by atoms with E-state index in [1.807, 2.05) is 30.3 Å². The molecule has 0 spiro atoms. The van der Waals surface area contributed by atoms with Crippen LogP contribution in [0.3, 0.4) is 0 Å². The number of nitrogens with one attached hydrogen (secondary N) is 2. The molecule has 0 fully saturated rings. The average molecular weight is 476 g/mol. The van der Waals surface area contributed by atoms with Gasteiger partial charge in [0, 0.05) is 29.5 Å². The Morgan fingerprint density at radius 3 is 2.35 bits per heavy atom. The number of carbonyl (C=O) groups is 3. The number of nitrogens with zero attached hydrogens (tertiary/aromatic N) is 1. The second-order valence-corrected chi connectivity index (χ2v) is 7.95. The van der Waals surface area contributed by atoms with Crippen LogP contribution in [-0.4, -0.2) is 36.3 Å². The molecule has 0 unspecified atom stereocenters. The van der Waals surface area contributed by atoms with Crippen molar-refractivity contribution in [1.29, 1.82) is 0 Å². The van der Waals surface area contributed by atoms with Crippen molar-refractivity contribution < 1.29 is 19.1 Å². The highest BCUT2D eigenvalue weighted by molar-refractivity contribution is 6.48. The van der Waals surface area contributed by atoms with Gasteiger partial charge in [-0.1, -0.05) is 48.0 Å². The quantitative estimate of drug-likeness (QED) is 0.471. The van der Waals surface area contributed by atoms with Gasteiger partial charge in [0.15, 0.2) is 0 Å². The summed E-state index contributed by atoms with van der Waals surface area (Å²) in [4.78, 5) is 39.0. The van der Waals surface area contributed by atoms with E-state index in [0.29, 0.717) is 29.1 Å². The van der Waals surface area contributed by atoms with E-state index in [0.717, 1.165) is 10.5 Å². The van der Waals surface area contributed by atoms with Gasteiger partial charge in [0.1, 0.15) is 16.5 Å². The van der Waals surface area contributed by atoms with E-state index < -0.39 is 11.8 Å². The van der Waals surface area contributed by atoms with Gasteiger partial charge in [-0.25, -0.2) is 0 Å². The molecule has 34 heavy (non-hydrogen) atoms. The molecular weight excluding hydrogens is 454 g/mol. The lowest BCUT2D eigenvalue weighted by molar-refractivity contribution is -0.137. The van der Waals surface area contributed by atoms with Crippen molar-refractivity contribution in [3.05, 3.63) is 101 Å². The number of rotatable bonds is 8. The van der Waals surface area contributed by atoms with Crippen LogP contribution in [0.5, 0.6) is 5.75 Å². The molecule has 3 aromatic rings. The van der Waals surface area contributed by atoms with Crippen molar-refractivity contribution in [1.82, 2.24) is 4.90 Å². The normalized spacial score (nSPS) is 13.3. The summed E-state index contributed by atoms with van der Waals surface area (Å²) in [6.45, 7) is 0.229. The molecule has 1 aliphatic rings. The zero-order valence-corrected chi connectivity index (χ0v) is 19.1. The monoisotopic (exact) mass is 475 g/mol. The van der Waals surface area contributed by atoms with E-state index in [-0.39, 0.29) is 23.2 Å². The fraction of sp³-hybridized carbons (Fsp3) is 0.115. The number of methoxy groups -OCH3 is 1. The molecule has 0 atom stereocenters. The van der Waals surface area contributed by atoms with Crippen LogP contribution >= 0.6 is 11.6 Å². The first-order valence-corrected chi connectivity index (χ1v) is 11.0. The first-order valence-electron chi connectivity index (χ1n) is 10.6. The van der Waals surface area contributed by atoms with Gasteiger partial charge >= 0.3 is 0 Å². The zero-order chi connectivity index (χ0) is 24.1. The molecule has 7 nitrogen and oxygen atoms in total. The predicted molar refractivity (Wildman–Crippen MR) is 131 cm³/mol. The molecule has 0 aliphatic carbocycles. The Morgan fingerprint density at radius 1 is 0.912 bits per heavy atom. The Bertz CT molecular complexity index is 1260. The smallest absolute Gasteiger partial charge is 0.278 e. The summed E-state index contributed by atoms with van der Waals surface area (Å²) in [6, 6.07) is 23.1. The molecule has 3 aromatic carbocycles. The molecule has 1 heterocycles. The van der Waals surface area contributed by atoms with Gasteiger partial charge in [-0.15, -0.1) is 0 Å². The summed E-state index contributed by atoms with van der Waals surface area (Å²) < 4.78 is 5.16. The van der Waals surface area contributed by atoms with Crippen LogP contribution in [0.25, 0.3) is 0 Å². The minimum absolute atomic E-state index is 0.0216. The molecular formula is C26H22ClN3O4. The lowest BCUT2D eigenvalue weighted by Crippen LogP contribution is -2.34. The highest BCUT2D eigenvalue weighted by atomic mass is 35.5. The Balaban J connectivity index is 1.39. The maximum absolute atomic E-state index is 12.8. The summed E-state index contributed by atoms with van der Waals surface area (Å²) in [5.41, 5.74) is 2.59. The maximum Gasteiger partial charge on any atom is 0.278 e. The number of amides is 3. The number of halogens is 1. The van der Waals surface area contributed by atoms with Crippen LogP contribution in [0, 0.1) is 0 Å². The fourth-order valence-electron chi connectivity index (χ4n) is 3.50. The van der Waals surface area contributed by atoms with Gasteiger partial charge in [0.25, 0.3) is 17.7 Å². The molecule has 4 rings (SSSR count). The lowest BCUT2D eigenvalue weighted by atomic mass is 10.1. The van der Waals surface area contributed by atoms with Crippen molar-refractivity contribution in [2.75, 3.05) is 24.3 Å². The van der Waals surface area contributed by atoms with Crippen LogP contribution in [0.2, 0.25) is 0 Å².